The number of carbonyl (C=O) groups excluding carboxylic acids is 2. The number of benzene rings is 2. The standard InChI is InChI=1S/C35H38N4O3/c1-25-33(40)38(2)24-35(17-9-7-12-26-11-3-6-16-32(26)42-25)18-21-39(22-19-35)34(41)28-23-31(30-15-8-10-20-36-30)37-29-14-5-4-13-27(28)29/h3-6,8,10-11,13-16,20,23,25H,7,9,12,17-19,21-22,24H2,1-2H3/t25-/m1/s1. The van der Waals surface area contributed by atoms with Gasteiger partial charge in [0, 0.05) is 38.3 Å². The van der Waals surface area contributed by atoms with Gasteiger partial charge >= 0.3 is 0 Å². The predicted molar refractivity (Wildman–Crippen MR) is 164 cm³/mol. The fourth-order valence-corrected chi connectivity index (χ4v) is 6.61. The fourth-order valence-electron chi connectivity index (χ4n) is 6.61. The van der Waals surface area contributed by atoms with Crippen LogP contribution in [0.2, 0.25) is 0 Å². The molecule has 0 radical (unpaired) electrons. The predicted octanol–water partition coefficient (Wildman–Crippen LogP) is 6.17. The Morgan fingerprint density at radius 1 is 0.929 bits per heavy atom. The Morgan fingerprint density at radius 2 is 1.69 bits per heavy atom. The first kappa shape index (κ1) is 27.9. The lowest BCUT2D eigenvalue weighted by Crippen LogP contribution is -2.50. The number of piperidine rings is 1. The van der Waals surface area contributed by atoms with Crippen LogP contribution in [0.4, 0.5) is 0 Å². The lowest BCUT2D eigenvalue weighted by atomic mass is 9.73. The minimum atomic E-state index is -0.553. The molecule has 2 amide bonds. The Hall–Kier alpha value is -4.26. The van der Waals surface area contributed by atoms with Crippen molar-refractivity contribution in [2.45, 2.75) is 51.6 Å². The van der Waals surface area contributed by atoms with Crippen molar-refractivity contribution in [1.82, 2.24) is 19.8 Å². The molecule has 7 heteroatoms. The number of amides is 2. The van der Waals surface area contributed by atoms with Gasteiger partial charge in [0.2, 0.25) is 0 Å². The zero-order valence-corrected chi connectivity index (χ0v) is 24.5. The third-order valence-electron chi connectivity index (χ3n) is 8.96. The number of likely N-dealkylation sites (tertiary alicyclic amines) is 1. The monoisotopic (exact) mass is 562 g/mol. The van der Waals surface area contributed by atoms with Crippen molar-refractivity contribution in [2.24, 2.45) is 5.41 Å². The van der Waals surface area contributed by atoms with E-state index in [4.69, 9.17) is 9.72 Å². The fraction of sp³-hybridized carbons (Fsp3) is 0.371. The molecule has 2 aromatic heterocycles. The number of rotatable bonds is 2. The van der Waals surface area contributed by atoms with Crippen molar-refractivity contribution in [1.29, 1.82) is 0 Å². The van der Waals surface area contributed by atoms with Crippen molar-refractivity contribution < 1.29 is 14.3 Å². The number of pyridine rings is 2. The van der Waals surface area contributed by atoms with Gasteiger partial charge in [-0.3, -0.25) is 14.6 Å². The van der Waals surface area contributed by atoms with Gasteiger partial charge in [-0.05, 0) is 80.3 Å². The molecular weight excluding hydrogens is 524 g/mol. The second-order valence-corrected chi connectivity index (χ2v) is 11.8. The van der Waals surface area contributed by atoms with Crippen LogP contribution in [0, 0.1) is 5.41 Å². The number of likely N-dealkylation sites (N-methyl/N-ethyl adjacent to an activating group) is 1. The molecular formula is C35H38N4O3. The molecule has 0 unspecified atom stereocenters. The normalized spacial score (nSPS) is 19.5. The number of aryl methyl sites for hydroxylation is 1. The maximum Gasteiger partial charge on any atom is 0.263 e. The first-order valence-electron chi connectivity index (χ1n) is 15.0. The van der Waals surface area contributed by atoms with Gasteiger partial charge in [0.25, 0.3) is 11.8 Å². The Morgan fingerprint density at radius 3 is 2.50 bits per heavy atom. The average Bonchev–Trinajstić information content (AvgIpc) is 3.03. The first-order chi connectivity index (χ1) is 20.4. The van der Waals surface area contributed by atoms with Crippen LogP contribution < -0.4 is 4.74 Å². The molecule has 0 bridgehead atoms. The molecule has 0 aliphatic carbocycles. The first-order valence-corrected chi connectivity index (χ1v) is 15.0. The summed E-state index contributed by atoms with van der Waals surface area (Å²) in [7, 11) is 1.89. The molecule has 1 fully saturated rings. The summed E-state index contributed by atoms with van der Waals surface area (Å²) in [6.45, 7) is 3.83. The molecule has 1 atom stereocenters. The van der Waals surface area contributed by atoms with Crippen LogP contribution in [0.3, 0.4) is 0 Å². The lowest BCUT2D eigenvalue weighted by molar-refractivity contribution is -0.138. The highest BCUT2D eigenvalue weighted by Crippen LogP contribution is 2.39. The highest BCUT2D eigenvalue weighted by molar-refractivity contribution is 6.07. The van der Waals surface area contributed by atoms with E-state index < -0.39 is 6.10 Å². The number of nitrogens with zero attached hydrogens (tertiary/aromatic N) is 4. The van der Waals surface area contributed by atoms with E-state index in [1.165, 1.54) is 0 Å². The summed E-state index contributed by atoms with van der Waals surface area (Å²) in [6.07, 6.45) is 7.01. The van der Waals surface area contributed by atoms with Crippen LogP contribution in [0.25, 0.3) is 22.3 Å². The number of aromatic nitrogens is 2. The number of para-hydroxylation sites is 2. The van der Waals surface area contributed by atoms with Crippen molar-refractivity contribution in [3.63, 3.8) is 0 Å². The number of hydrogen-bond donors (Lipinski definition) is 0. The maximum absolute atomic E-state index is 14.0. The molecule has 2 aromatic carbocycles. The Labute approximate surface area is 247 Å². The van der Waals surface area contributed by atoms with E-state index in [0.717, 1.165) is 66.4 Å². The van der Waals surface area contributed by atoms with Gasteiger partial charge in [-0.15, -0.1) is 0 Å². The molecule has 42 heavy (non-hydrogen) atoms. The van der Waals surface area contributed by atoms with Crippen molar-refractivity contribution in [2.75, 3.05) is 26.7 Å². The molecule has 1 saturated heterocycles. The highest BCUT2D eigenvalue weighted by Gasteiger charge is 2.38. The van der Waals surface area contributed by atoms with Gasteiger partial charge in [-0.1, -0.05) is 48.9 Å². The SMILES string of the molecule is C[C@H]1Oc2ccccc2CCCCC2(CCN(C(=O)c3cc(-c4ccccn4)nc4ccccc34)CC2)CN(C)C1=O. The Kier molecular flexibility index (Phi) is 7.92. The molecule has 6 rings (SSSR count). The quantitative estimate of drug-likeness (QED) is 0.292. The lowest BCUT2D eigenvalue weighted by Gasteiger charge is -2.44. The van der Waals surface area contributed by atoms with Crippen LogP contribution in [-0.2, 0) is 11.2 Å². The minimum Gasteiger partial charge on any atom is -0.481 e. The van der Waals surface area contributed by atoms with Gasteiger partial charge in [0.1, 0.15) is 5.75 Å². The third-order valence-corrected chi connectivity index (χ3v) is 8.96. The Bertz CT molecular complexity index is 1580. The summed E-state index contributed by atoms with van der Waals surface area (Å²) in [6, 6.07) is 23.5. The zero-order valence-electron chi connectivity index (χ0n) is 24.5. The van der Waals surface area contributed by atoms with E-state index in [1.54, 1.807) is 6.20 Å². The number of carbonyl (C=O) groups is 2. The van der Waals surface area contributed by atoms with Gasteiger partial charge in [0.05, 0.1) is 22.5 Å². The summed E-state index contributed by atoms with van der Waals surface area (Å²) < 4.78 is 6.15. The number of fused-ring (bicyclic) bond motifs is 2. The van der Waals surface area contributed by atoms with Gasteiger partial charge < -0.3 is 14.5 Å². The molecule has 0 saturated carbocycles. The molecule has 4 heterocycles. The number of hydrogen-bond acceptors (Lipinski definition) is 5. The van der Waals surface area contributed by atoms with Crippen LogP contribution >= 0.6 is 0 Å². The van der Waals surface area contributed by atoms with E-state index in [0.29, 0.717) is 30.9 Å². The minimum absolute atomic E-state index is 0.00596. The van der Waals surface area contributed by atoms with Gasteiger partial charge in [-0.25, -0.2) is 4.98 Å². The molecule has 0 N–H and O–H groups in total. The van der Waals surface area contributed by atoms with Crippen LogP contribution in [0.5, 0.6) is 5.75 Å². The van der Waals surface area contributed by atoms with E-state index in [2.05, 4.69) is 11.1 Å². The summed E-state index contributed by atoms with van der Waals surface area (Å²) >= 11 is 0. The second kappa shape index (κ2) is 11.9. The van der Waals surface area contributed by atoms with Crippen molar-refractivity contribution >= 4 is 22.7 Å². The summed E-state index contributed by atoms with van der Waals surface area (Å²) in [5.74, 6) is 0.828. The smallest absolute Gasteiger partial charge is 0.263 e. The molecule has 2 aliphatic rings. The zero-order chi connectivity index (χ0) is 29.1. The van der Waals surface area contributed by atoms with Gasteiger partial charge in [-0.2, -0.15) is 0 Å². The largest absolute Gasteiger partial charge is 0.481 e. The maximum atomic E-state index is 14.0. The second-order valence-electron chi connectivity index (χ2n) is 11.8. The van der Waals surface area contributed by atoms with Crippen molar-refractivity contribution in [3.8, 4) is 17.1 Å². The number of ether oxygens (including phenoxy) is 1. The molecule has 4 aromatic rings. The van der Waals surface area contributed by atoms with E-state index >= 15 is 0 Å². The molecule has 1 spiro atoms. The summed E-state index contributed by atoms with van der Waals surface area (Å²) in [5.41, 5.74) is 4.02. The summed E-state index contributed by atoms with van der Waals surface area (Å²) in [5, 5.41) is 0.855. The van der Waals surface area contributed by atoms with E-state index in [9.17, 15) is 9.59 Å². The van der Waals surface area contributed by atoms with E-state index in [1.807, 2.05) is 90.5 Å². The third kappa shape index (κ3) is 5.73. The van der Waals surface area contributed by atoms with E-state index in [-0.39, 0.29) is 17.2 Å². The van der Waals surface area contributed by atoms with Crippen LogP contribution in [-0.4, -0.2) is 64.4 Å². The molecule has 2 aliphatic heterocycles. The van der Waals surface area contributed by atoms with Gasteiger partial charge in [0.15, 0.2) is 6.10 Å². The van der Waals surface area contributed by atoms with Crippen LogP contribution in [0.15, 0.2) is 79.0 Å². The highest BCUT2D eigenvalue weighted by atomic mass is 16.5. The summed E-state index contributed by atoms with van der Waals surface area (Å²) in [4.78, 5) is 40.5. The average molecular weight is 563 g/mol. The molecule has 7 nitrogen and oxygen atoms in total. The molecule has 216 valence electrons. The van der Waals surface area contributed by atoms with Crippen molar-refractivity contribution in [3.05, 3.63) is 90.1 Å². The van der Waals surface area contributed by atoms with Crippen LogP contribution in [0.1, 0.15) is 54.9 Å². The Balaban J connectivity index is 1.22. The topological polar surface area (TPSA) is 75.6 Å².